The van der Waals surface area contributed by atoms with Gasteiger partial charge in [-0.05, 0) is 12.8 Å². The fraction of sp³-hybridized carbons (Fsp3) is 0.625. The highest BCUT2D eigenvalue weighted by atomic mass is 35.5. The maximum atomic E-state index is 11.1. The van der Waals surface area contributed by atoms with Crippen LogP contribution in [0.25, 0.3) is 0 Å². The van der Waals surface area contributed by atoms with Crippen molar-refractivity contribution in [2.75, 3.05) is 16.8 Å². The number of anilines is 1. The molecule has 2 rings (SSSR count). The summed E-state index contributed by atoms with van der Waals surface area (Å²) < 4.78 is 11.8. The van der Waals surface area contributed by atoms with Gasteiger partial charge in [0.25, 0.3) is 0 Å². The third-order valence-electron chi connectivity index (χ3n) is 2.19. The van der Waals surface area contributed by atoms with Gasteiger partial charge in [-0.3, -0.25) is 4.21 Å². The predicted octanol–water partition coefficient (Wildman–Crippen LogP) is 2.12. The number of nitrogens with one attached hydrogen (secondary N) is 1. The van der Waals surface area contributed by atoms with Gasteiger partial charge in [0.15, 0.2) is 5.13 Å². The molecular formula is C8H11ClN2OS2. The van der Waals surface area contributed by atoms with Gasteiger partial charge in [0.2, 0.25) is 0 Å². The van der Waals surface area contributed by atoms with E-state index in [0.717, 1.165) is 29.5 Å². The first kappa shape index (κ1) is 10.4. The third-order valence-corrected chi connectivity index (χ3v) is 4.62. The van der Waals surface area contributed by atoms with Gasteiger partial charge in [0.1, 0.15) is 4.34 Å². The summed E-state index contributed by atoms with van der Waals surface area (Å²) in [6.45, 7) is 0. The normalized spacial score (nSPS) is 27.5. The standard InChI is InChI=1S/C8H11ClN2OS2/c9-7-5-10-8(13-7)11-6-1-3-14(12)4-2-6/h5-6H,1-4H2,(H,10,11). The van der Waals surface area contributed by atoms with E-state index in [0.29, 0.717) is 10.4 Å². The van der Waals surface area contributed by atoms with Crippen LogP contribution >= 0.6 is 22.9 Å². The average Bonchev–Trinajstić information content (AvgIpc) is 2.56. The van der Waals surface area contributed by atoms with Crippen LogP contribution in [0.4, 0.5) is 5.13 Å². The second-order valence-electron chi connectivity index (χ2n) is 3.24. The van der Waals surface area contributed by atoms with Gasteiger partial charge < -0.3 is 5.32 Å². The van der Waals surface area contributed by atoms with Crippen LogP contribution in [0.3, 0.4) is 0 Å². The van der Waals surface area contributed by atoms with Crippen LogP contribution in [-0.4, -0.2) is 26.7 Å². The van der Waals surface area contributed by atoms with E-state index in [1.54, 1.807) is 6.20 Å². The second kappa shape index (κ2) is 4.59. The Labute approximate surface area is 94.3 Å². The van der Waals surface area contributed by atoms with Gasteiger partial charge in [-0.15, -0.1) is 0 Å². The van der Waals surface area contributed by atoms with Crippen molar-refractivity contribution in [3.05, 3.63) is 10.5 Å². The lowest BCUT2D eigenvalue weighted by molar-refractivity contribution is 0.624. The number of rotatable bonds is 2. The molecule has 0 unspecified atom stereocenters. The van der Waals surface area contributed by atoms with Crippen molar-refractivity contribution >= 4 is 38.9 Å². The Bertz CT molecular complexity index is 332. The summed E-state index contributed by atoms with van der Waals surface area (Å²) >= 11 is 7.22. The molecule has 1 aromatic heterocycles. The predicted molar refractivity (Wildman–Crippen MR) is 61.6 cm³/mol. The average molecular weight is 251 g/mol. The number of nitrogens with zero attached hydrogens (tertiary/aromatic N) is 1. The zero-order chi connectivity index (χ0) is 9.97. The van der Waals surface area contributed by atoms with Crippen molar-refractivity contribution in [1.29, 1.82) is 0 Å². The molecule has 0 spiro atoms. The molecule has 1 aliphatic rings. The fourth-order valence-electron chi connectivity index (χ4n) is 1.43. The Morgan fingerprint density at radius 2 is 2.29 bits per heavy atom. The Hall–Kier alpha value is -0.130. The number of hydrogen-bond acceptors (Lipinski definition) is 4. The van der Waals surface area contributed by atoms with Crippen LogP contribution < -0.4 is 5.32 Å². The zero-order valence-electron chi connectivity index (χ0n) is 7.53. The smallest absolute Gasteiger partial charge is 0.184 e. The number of aromatic nitrogens is 1. The first-order valence-electron chi connectivity index (χ1n) is 4.47. The quantitative estimate of drug-likeness (QED) is 0.874. The molecule has 2 heterocycles. The molecule has 0 saturated carbocycles. The second-order valence-corrected chi connectivity index (χ2v) is 6.59. The van der Waals surface area contributed by atoms with Gasteiger partial charge >= 0.3 is 0 Å². The van der Waals surface area contributed by atoms with E-state index in [1.165, 1.54) is 11.3 Å². The molecule has 1 N–H and O–H groups in total. The van der Waals surface area contributed by atoms with E-state index in [9.17, 15) is 4.21 Å². The summed E-state index contributed by atoms with van der Waals surface area (Å²) in [5.41, 5.74) is 0. The lowest BCUT2D eigenvalue weighted by Crippen LogP contribution is -2.29. The summed E-state index contributed by atoms with van der Waals surface area (Å²) in [4.78, 5) is 4.13. The minimum atomic E-state index is -0.597. The van der Waals surface area contributed by atoms with E-state index in [4.69, 9.17) is 11.6 Å². The molecular weight excluding hydrogens is 240 g/mol. The van der Waals surface area contributed by atoms with Crippen LogP contribution in [0.1, 0.15) is 12.8 Å². The Kier molecular flexibility index (Phi) is 3.41. The van der Waals surface area contributed by atoms with Crippen LogP contribution in [0.2, 0.25) is 4.34 Å². The van der Waals surface area contributed by atoms with E-state index in [-0.39, 0.29) is 0 Å². The molecule has 0 atom stereocenters. The van der Waals surface area contributed by atoms with Crippen molar-refractivity contribution in [3.63, 3.8) is 0 Å². The van der Waals surface area contributed by atoms with Crippen molar-refractivity contribution in [2.24, 2.45) is 0 Å². The minimum Gasteiger partial charge on any atom is -0.359 e. The molecule has 1 aromatic rings. The van der Waals surface area contributed by atoms with Crippen LogP contribution in [0, 0.1) is 0 Å². The highest BCUT2D eigenvalue weighted by Gasteiger charge is 2.18. The molecule has 0 aliphatic carbocycles. The molecule has 1 fully saturated rings. The summed E-state index contributed by atoms with van der Waals surface area (Å²) in [7, 11) is -0.597. The Balaban J connectivity index is 1.89. The maximum Gasteiger partial charge on any atom is 0.184 e. The molecule has 1 aliphatic heterocycles. The molecule has 78 valence electrons. The number of hydrogen-bond donors (Lipinski definition) is 1. The van der Waals surface area contributed by atoms with E-state index in [1.807, 2.05) is 0 Å². The lowest BCUT2D eigenvalue weighted by atomic mass is 10.2. The molecule has 3 nitrogen and oxygen atoms in total. The Morgan fingerprint density at radius 1 is 1.57 bits per heavy atom. The lowest BCUT2D eigenvalue weighted by Gasteiger charge is -2.21. The van der Waals surface area contributed by atoms with Gasteiger partial charge in [-0.1, -0.05) is 22.9 Å². The fourth-order valence-corrected chi connectivity index (χ4v) is 3.62. The van der Waals surface area contributed by atoms with Gasteiger partial charge in [0.05, 0.1) is 6.20 Å². The van der Waals surface area contributed by atoms with E-state index >= 15 is 0 Å². The van der Waals surface area contributed by atoms with Crippen molar-refractivity contribution in [3.8, 4) is 0 Å². The zero-order valence-corrected chi connectivity index (χ0v) is 9.92. The number of thiazole rings is 1. The molecule has 0 bridgehead atoms. The highest BCUT2D eigenvalue weighted by Crippen LogP contribution is 2.24. The van der Waals surface area contributed by atoms with Gasteiger partial charge in [0, 0.05) is 28.3 Å². The summed E-state index contributed by atoms with van der Waals surface area (Å²) in [5, 5.41) is 4.18. The van der Waals surface area contributed by atoms with Gasteiger partial charge in [-0.25, -0.2) is 4.98 Å². The molecule has 0 amide bonds. The van der Waals surface area contributed by atoms with Crippen LogP contribution in [0.15, 0.2) is 6.20 Å². The van der Waals surface area contributed by atoms with Crippen LogP contribution in [0.5, 0.6) is 0 Å². The Morgan fingerprint density at radius 3 is 2.86 bits per heavy atom. The van der Waals surface area contributed by atoms with Crippen molar-refractivity contribution in [1.82, 2.24) is 4.98 Å². The maximum absolute atomic E-state index is 11.1. The van der Waals surface area contributed by atoms with Crippen molar-refractivity contribution < 1.29 is 4.21 Å². The van der Waals surface area contributed by atoms with Gasteiger partial charge in [-0.2, -0.15) is 0 Å². The monoisotopic (exact) mass is 250 g/mol. The summed E-state index contributed by atoms with van der Waals surface area (Å²) in [6.07, 6.45) is 3.57. The van der Waals surface area contributed by atoms with E-state index in [2.05, 4.69) is 10.3 Å². The highest BCUT2D eigenvalue weighted by molar-refractivity contribution is 7.85. The summed E-state index contributed by atoms with van der Waals surface area (Å²) in [6, 6.07) is 0.412. The molecule has 14 heavy (non-hydrogen) atoms. The molecule has 1 saturated heterocycles. The SMILES string of the molecule is O=S1CCC(Nc2ncc(Cl)s2)CC1. The first-order chi connectivity index (χ1) is 6.74. The molecule has 0 aromatic carbocycles. The minimum absolute atomic E-state index is 0.412. The largest absolute Gasteiger partial charge is 0.359 e. The molecule has 6 heteroatoms. The van der Waals surface area contributed by atoms with Crippen molar-refractivity contribution in [2.45, 2.75) is 18.9 Å². The first-order valence-corrected chi connectivity index (χ1v) is 7.15. The molecule has 0 radical (unpaired) electrons. The summed E-state index contributed by atoms with van der Waals surface area (Å²) in [5.74, 6) is 1.60. The van der Waals surface area contributed by atoms with Crippen LogP contribution in [-0.2, 0) is 10.8 Å². The number of halogens is 1. The third kappa shape index (κ3) is 2.68. The van der Waals surface area contributed by atoms with E-state index < -0.39 is 10.8 Å². The topological polar surface area (TPSA) is 42.0 Å².